The van der Waals surface area contributed by atoms with Crippen LogP contribution in [0.4, 0.5) is 0 Å². The van der Waals surface area contributed by atoms with Crippen LogP contribution in [0.15, 0.2) is 22.8 Å². The fourth-order valence-corrected chi connectivity index (χ4v) is 7.56. The van der Waals surface area contributed by atoms with Gasteiger partial charge in [0.2, 0.25) is 0 Å². The number of furan rings is 1. The average molecular weight is 309 g/mol. The van der Waals surface area contributed by atoms with Gasteiger partial charge >= 0.3 is 0 Å². The predicted octanol–water partition coefficient (Wildman–Crippen LogP) is 6.51. The fraction of sp³-hybridized carbons (Fsp3) is 0.789. The molecule has 0 amide bonds. The van der Waals surface area contributed by atoms with Gasteiger partial charge in [-0.05, 0) is 36.4 Å². The molecule has 0 aliphatic rings. The first-order valence-electron chi connectivity index (χ1n) is 9.08. The van der Waals surface area contributed by atoms with Crippen molar-refractivity contribution in [2.75, 3.05) is 0 Å². The highest BCUT2D eigenvalue weighted by Gasteiger charge is 2.47. The number of rotatable bonds is 11. The van der Waals surface area contributed by atoms with E-state index in [0.29, 0.717) is 5.04 Å². The van der Waals surface area contributed by atoms with Crippen LogP contribution in [0, 0.1) is 0 Å². The first-order chi connectivity index (χ1) is 10.0. The van der Waals surface area contributed by atoms with Gasteiger partial charge in [-0.2, -0.15) is 0 Å². The molecule has 0 aliphatic carbocycles. The van der Waals surface area contributed by atoms with Gasteiger partial charge in [0.15, 0.2) is 0 Å². The standard InChI is InChI=1S/C19H36OSi/c1-6-9-14-19(15-10-7-2,16-11-8-3)21(4,5)18-13-12-17-20-18/h12-13,17H,6-11,14-16H2,1-5H3. The van der Waals surface area contributed by atoms with Crippen molar-refractivity contribution < 1.29 is 4.42 Å². The van der Waals surface area contributed by atoms with Crippen molar-refractivity contribution in [3.8, 4) is 0 Å². The zero-order valence-corrected chi connectivity index (χ0v) is 16.0. The molecular weight excluding hydrogens is 272 g/mol. The minimum atomic E-state index is -1.59. The Morgan fingerprint density at radius 2 is 1.38 bits per heavy atom. The number of hydrogen-bond donors (Lipinski definition) is 0. The molecule has 0 radical (unpaired) electrons. The summed E-state index contributed by atoms with van der Waals surface area (Å²) in [5.41, 5.74) is 0. The molecule has 1 rings (SSSR count). The van der Waals surface area contributed by atoms with Crippen molar-refractivity contribution in [2.24, 2.45) is 0 Å². The first kappa shape index (κ1) is 18.5. The molecule has 0 atom stereocenters. The van der Waals surface area contributed by atoms with Crippen LogP contribution in [0.5, 0.6) is 0 Å². The summed E-state index contributed by atoms with van der Waals surface area (Å²) in [5.74, 6) is 0. The van der Waals surface area contributed by atoms with Crippen LogP contribution >= 0.6 is 0 Å². The van der Waals surface area contributed by atoms with E-state index in [0.717, 1.165) is 0 Å². The molecule has 1 nitrogen and oxygen atoms in total. The second kappa shape index (κ2) is 8.82. The van der Waals surface area contributed by atoms with E-state index in [-0.39, 0.29) is 0 Å². The predicted molar refractivity (Wildman–Crippen MR) is 97.1 cm³/mol. The molecule has 122 valence electrons. The topological polar surface area (TPSA) is 13.1 Å². The van der Waals surface area contributed by atoms with E-state index in [1.54, 1.807) is 0 Å². The Morgan fingerprint density at radius 3 is 1.71 bits per heavy atom. The molecule has 2 heteroatoms. The molecule has 0 spiro atoms. The minimum absolute atomic E-state index is 0.521. The lowest BCUT2D eigenvalue weighted by molar-refractivity contribution is 0.386. The van der Waals surface area contributed by atoms with Crippen LogP contribution in [-0.4, -0.2) is 8.07 Å². The lowest BCUT2D eigenvalue weighted by Crippen LogP contribution is -2.52. The summed E-state index contributed by atoms with van der Waals surface area (Å²) >= 11 is 0. The molecule has 0 N–H and O–H groups in total. The lowest BCUT2D eigenvalue weighted by Gasteiger charge is -2.45. The molecule has 0 unspecified atom stereocenters. The second-order valence-corrected chi connectivity index (χ2v) is 12.0. The monoisotopic (exact) mass is 308 g/mol. The Labute approximate surface area is 133 Å². The Morgan fingerprint density at radius 1 is 0.905 bits per heavy atom. The highest BCUT2D eigenvalue weighted by atomic mass is 28.3. The van der Waals surface area contributed by atoms with Crippen LogP contribution in [0.2, 0.25) is 18.1 Å². The third-order valence-corrected chi connectivity index (χ3v) is 10.4. The fourth-order valence-electron chi connectivity index (χ4n) is 3.75. The Kier molecular flexibility index (Phi) is 7.79. The Bertz CT molecular complexity index is 345. The van der Waals surface area contributed by atoms with Gasteiger partial charge in [-0.15, -0.1) is 0 Å². The molecule has 1 heterocycles. The molecule has 0 saturated heterocycles. The summed E-state index contributed by atoms with van der Waals surface area (Å²) in [7, 11) is -1.59. The van der Waals surface area contributed by atoms with Crippen LogP contribution in [0.3, 0.4) is 0 Å². The summed E-state index contributed by atoms with van der Waals surface area (Å²) in [4.78, 5) is 0. The first-order valence-corrected chi connectivity index (χ1v) is 12.1. The van der Waals surface area contributed by atoms with Crippen molar-refractivity contribution in [1.82, 2.24) is 0 Å². The van der Waals surface area contributed by atoms with E-state index in [9.17, 15) is 0 Å². The van der Waals surface area contributed by atoms with Gasteiger partial charge < -0.3 is 4.42 Å². The summed E-state index contributed by atoms with van der Waals surface area (Å²) in [6.45, 7) is 12.1. The summed E-state index contributed by atoms with van der Waals surface area (Å²) in [6.07, 6.45) is 14.1. The molecule has 1 aromatic heterocycles. The van der Waals surface area contributed by atoms with E-state index in [1.807, 2.05) is 6.26 Å². The molecule has 21 heavy (non-hydrogen) atoms. The van der Waals surface area contributed by atoms with Crippen LogP contribution < -0.4 is 5.38 Å². The highest BCUT2D eigenvalue weighted by molar-refractivity contribution is 6.91. The smallest absolute Gasteiger partial charge is 0.132 e. The maximum absolute atomic E-state index is 5.91. The molecule has 0 fully saturated rings. The van der Waals surface area contributed by atoms with E-state index in [4.69, 9.17) is 4.42 Å². The molecular formula is C19H36OSi. The zero-order valence-electron chi connectivity index (χ0n) is 15.0. The van der Waals surface area contributed by atoms with Crippen molar-refractivity contribution in [3.05, 3.63) is 18.4 Å². The van der Waals surface area contributed by atoms with Gasteiger partial charge in [0.25, 0.3) is 0 Å². The van der Waals surface area contributed by atoms with E-state index < -0.39 is 8.07 Å². The maximum atomic E-state index is 5.91. The lowest BCUT2D eigenvalue weighted by atomic mass is 9.89. The van der Waals surface area contributed by atoms with Gasteiger partial charge in [0.05, 0.1) is 11.6 Å². The quantitative estimate of drug-likeness (QED) is 0.425. The maximum Gasteiger partial charge on any atom is 0.132 e. The third kappa shape index (κ3) is 4.48. The van der Waals surface area contributed by atoms with Crippen LogP contribution in [-0.2, 0) is 0 Å². The normalized spacial score (nSPS) is 12.8. The van der Waals surface area contributed by atoms with E-state index >= 15 is 0 Å². The molecule has 1 aromatic rings. The van der Waals surface area contributed by atoms with E-state index in [2.05, 4.69) is 46.0 Å². The van der Waals surface area contributed by atoms with Gasteiger partial charge in [-0.25, -0.2) is 0 Å². The molecule has 0 aliphatic heterocycles. The largest absolute Gasteiger partial charge is 0.474 e. The van der Waals surface area contributed by atoms with E-state index in [1.165, 1.54) is 63.2 Å². The Hall–Kier alpha value is -0.503. The van der Waals surface area contributed by atoms with Gasteiger partial charge in [0, 0.05) is 0 Å². The van der Waals surface area contributed by atoms with Crippen molar-refractivity contribution in [1.29, 1.82) is 0 Å². The highest BCUT2D eigenvalue weighted by Crippen LogP contribution is 2.51. The van der Waals surface area contributed by atoms with Crippen molar-refractivity contribution >= 4 is 13.5 Å². The average Bonchev–Trinajstić information content (AvgIpc) is 3.01. The van der Waals surface area contributed by atoms with Crippen LogP contribution in [0.1, 0.15) is 78.6 Å². The molecule has 0 bridgehead atoms. The number of hydrogen-bond acceptors (Lipinski definition) is 1. The summed E-state index contributed by atoms with van der Waals surface area (Å²) in [5, 5.41) is 1.83. The third-order valence-electron chi connectivity index (χ3n) is 5.49. The summed E-state index contributed by atoms with van der Waals surface area (Å²) in [6, 6.07) is 4.32. The van der Waals surface area contributed by atoms with Crippen molar-refractivity contribution in [3.63, 3.8) is 0 Å². The van der Waals surface area contributed by atoms with Gasteiger partial charge in [0.1, 0.15) is 8.07 Å². The summed E-state index contributed by atoms with van der Waals surface area (Å²) < 4.78 is 5.91. The SMILES string of the molecule is CCCCC(CCCC)(CCCC)[Si](C)(C)c1ccco1. The van der Waals surface area contributed by atoms with Gasteiger partial charge in [-0.1, -0.05) is 72.4 Å². The molecule has 0 saturated carbocycles. The zero-order chi connectivity index (χ0) is 15.8. The van der Waals surface area contributed by atoms with Gasteiger partial charge in [-0.3, -0.25) is 0 Å². The molecule has 0 aromatic carbocycles. The second-order valence-electron chi connectivity index (χ2n) is 7.19. The van der Waals surface area contributed by atoms with Crippen molar-refractivity contribution in [2.45, 2.75) is 96.7 Å². The Balaban J connectivity index is 3.10. The number of unbranched alkanes of at least 4 members (excludes halogenated alkanes) is 3. The minimum Gasteiger partial charge on any atom is -0.474 e. The van der Waals surface area contributed by atoms with Crippen LogP contribution in [0.25, 0.3) is 0 Å².